The number of anilines is 1. The molecule has 2 rings (SSSR count). The van der Waals surface area contributed by atoms with Gasteiger partial charge in [-0.1, -0.05) is 29.3 Å². The zero-order valence-corrected chi connectivity index (χ0v) is 11.8. The van der Waals surface area contributed by atoms with E-state index in [1.165, 1.54) is 0 Å². The summed E-state index contributed by atoms with van der Waals surface area (Å²) in [5.41, 5.74) is 0.500. The molecule has 1 heterocycles. The number of halogens is 3. The Morgan fingerprint density at radius 1 is 1.37 bits per heavy atom. The number of carbonyl (C=O) groups is 1. The zero-order valence-electron chi connectivity index (χ0n) is 10.3. The average Bonchev–Trinajstić information content (AvgIpc) is 2.38. The number of alkyl halides is 1. The number of likely N-dealkylation sites (tertiary alicyclic amines) is 1. The van der Waals surface area contributed by atoms with Crippen LogP contribution in [0, 0.1) is 0 Å². The van der Waals surface area contributed by atoms with Crippen molar-refractivity contribution in [2.45, 2.75) is 19.0 Å². The fraction of sp³-hybridized carbons (Fsp3) is 0.462. The molecule has 0 aliphatic carbocycles. The number of nitrogens with zero attached hydrogens (tertiary/aromatic N) is 1. The highest BCUT2D eigenvalue weighted by atomic mass is 35.5. The van der Waals surface area contributed by atoms with Crippen LogP contribution in [0.2, 0.25) is 10.0 Å². The van der Waals surface area contributed by atoms with E-state index in [0.717, 1.165) is 0 Å². The standard InChI is InChI=1S/C13H15Cl2FN2O/c14-10-2-1-3-11(13(10)15)17-12(19)8-18-6-4-9(16)5-7-18/h1-3,9H,4-8H2,(H,17,19). The minimum absolute atomic E-state index is 0.165. The van der Waals surface area contributed by atoms with Gasteiger partial charge >= 0.3 is 0 Å². The summed E-state index contributed by atoms with van der Waals surface area (Å²) >= 11 is 11.9. The molecule has 6 heteroatoms. The monoisotopic (exact) mass is 304 g/mol. The molecular weight excluding hydrogens is 290 g/mol. The molecule has 0 spiro atoms. The topological polar surface area (TPSA) is 32.3 Å². The molecule has 1 N–H and O–H groups in total. The Morgan fingerprint density at radius 3 is 2.74 bits per heavy atom. The quantitative estimate of drug-likeness (QED) is 0.928. The summed E-state index contributed by atoms with van der Waals surface area (Å²) in [4.78, 5) is 13.8. The summed E-state index contributed by atoms with van der Waals surface area (Å²) in [6.07, 6.45) is 0.248. The third-order valence-electron chi connectivity index (χ3n) is 3.11. The van der Waals surface area contributed by atoms with Crippen molar-refractivity contribution < 1.29 is 9.18 Å². The lowest BCUT2D eigenvalue weighted by Gasteiger charge is -2.27. The minimum atomic E-state index is -0.735. The molecule has 1 aromatic carbocycles. The van der Waals surface area contributed by atoms with Gasteiger partial charge in [-0.3, -0.25) is 9.69 Å². The second-order valence-electron chi connectivity index (χ2n) is 4.60. The van der Waals surface area contributed by atoms with Gasteiger partial charge in [0.05, 0.1) is 22.3 Å². The van der Waals surface area contributed by atoms with Gasteiger partial charge in [0.2, 0.25) is 5.91 Å². The van der Waals surface area contributed by atoms with Crippen molar-refractivity contribution >= 4 is 34.8 Å². The molecule has 1 fully saturated rings. The van der Waals surface area contributed by atoms with Crippen molar-refractivity contribution in [1.29, 1.82) is 0 Å². The summed E-state index contributed by atoms with van der Waals surface area (Å²) in [6.45, 7) is 1.46. The van der Waals surface area contributed by atoms with Gasteiger partial charge in [-0.05, 0) is 25.0 Å². The molecule has 0 unspecified atom stereocenters. The van der Waals surface area contributed by atoms with E-state index in [2.05, 4.69) is 5.32 Å². The van der Waals surface area contributed by atoms with E-state index in [9.17, 15) is 9.18 Å². The normalized spacial score (nSPS) is 17.4. The van der Waals surface area contributed by atoms with Gasteiger partial charge in [-0.25, -0.2) is 4.39 Å². The van der Waals surface area contributed by atoms with Crippen molar-refractivity contribution in [2.24, 2.45) is 0 Å². The molecular formula is C13H15Cl2FN2O. The lowest BCUT2D eigenvalue weighted by atomic mass is 10.1. The zero-order chi connectivity index (χ0) is 13.8. The first-order valence-corrected chi connectivity index (χ1v) is 6.92. The fourth-order valence-corrected chi connectivity index (χ4v) is 2.40. The predicted octanol–water partition coefficient (Wildman–Crippen LogP) is 3.37. The summed E-state index contributed by atoms with van der Waals surface area (Å²) in [7, 11) is 0. The molecule has 0 saturated carbocycles. The van der Waals surface area contributed by atoms with E-state index in [-0.39, 0.29) is 12.5 Å². The Labute approximate surface area is 121 Å². The Kier molecular flexibility index (Phi) is 5.02. The fourth-order valence-electron chi connectivity index (χ4n) is 2.05. The van der Waals surface area contributed by atoms with Crippen LogP contribution in [0.25, 0.3) is 0 Å². The van der Waals surface area contributed by atoms with Gasteiger partial charge in [-0.15, -0.1) is 0 Å². The van der Waals surface area contributed by atoms with Crippen molar-refractivity contribution in [2.75, 3.05) is 25.0 Å². The number of hydrogen-bond acceptors (Lipinski definition) is 2. The third-order valence-corrected chi connectivity index (χ3v) is 3.93. The average molecular weight is 305 g/mol. The highest BCUT2D eigenvalue weighted by Crippen LogP contribution is 2.29. The van der Waals surface area contributed by atoms with Gasteiger partial charge in [0, 0.05) is 13.1 Å². The van der Waals surface area contributed by atoms with E-state index in [1.54, 1.807) is 18.2 Å². The van der Waals surface area contributed by atoms with Crippen molar-refractivity contribution in [3.05, 3.63) is 28.2 Å². The highest BCUT2D eigenvalue weighted by Gasteiger charge is 2.20. The van der Waals surface area contributed by atoms with Crippen molar-refractivity contribution in [1.82, 2.24) is 4.90 Å². The molecule has 1 aliphatic heterocycles. The number of carbonyl (C=O) groups excluding carboxylic acids is 1. The first kappa shape index (κ1) is 14.6. The lowest BCUT2D eigenvalue weighted by Crippen LogP contribution is -2.39. The molecule has 19 heavy (non-hydrogen) atoms. The number of nitrogens with one attached hydrogen (secondary N) is 1. The number of benzene rings is 1. The van der Waals surface area contributed by atoms with Crippen LogP contribution in [-0.2, 0) is 4.79 Å². The van der Waals surface area contributed by atoms with Crippen LogP contribution in [0.1, 0.15) is 12.8 Å². The molecule has 0 atom stereocenters. The van der Waals surface area contributed by atoms with E-state index >= 15 is 0 Å². The van der Waals surface area contributed by atoms with Gasteiger partial charge in [-0.2, -0.15) is 0 Å². The third kappa shape index (κ3) is 4.06. The molecule has 0 bridgehead atoms. The molecule has 0 aromatic heterocycles. The van der Waals surface area contributed by atoms with Crippen LogP contribution < -0.4 is 5.32 Å². The Bertz CT molecular complexity index is 462. The summed E-state index contributed by atoms with van der Waals surface area (Å²) in [5.74, 6) is -0.165. The Morgan fingerprint density at radius 2 is 2.05 bits per heavy atom. The van der Waals surface area contributed by atoms with Crippen molar-refractivity contribution in [3.8, 4) is 0 Å². The summed E-state index contributed by atoms with van der Waals surface area (Å²) in [6, 6.07) is 5.07. The van der Waals surface area contributed by atoms with E-state index < -0.39 is 6.17 Å². The summed E-state index contributed by atoms with van der Waals surface area (Å²) in [5, 5.41) is 3.45. The van der Waals surface area contributed by atoms with E-state index in [0.29, 0.717) is 41.7 Å². The first-order chi connectivity index (χ1) is 9.06. The predicted molar refractivity (Wildman–Crippen MR) is 75.7 cm³/mol. The highest BCUT2D eigenvalue weighted by molar-refractivity contribution is 6.43. The minimum Gasteiger partial charge on any atom is -0.324 e. The van der Waals surface area contributed by atoms with Gasteiger partial charge in [0.25, 0.3) is 0 Å². The SMILES string of the molecule is O=C(CN1CCC(F)CC1)Nc1cccc(Cl)c1Cl. The van der Waals surface area contributed by atoms with Crippen LogP contribution >= 0.6 is 23.2 Å². The second-order valence-corrected chi connectivity index (χ2v) is 5.39. The maximum atomic E-state index is 13.0. The van der Waals surface area contributed by atoms with Crippen LogP contribution in [0.4, 0.5) is 10.1 Å². The maximum Gasteiger partial charge on any atom is 0.238 e. The molecule has 0 radical (unpaired) electrons. The second kappa shape index (κ2) is 6.55. The van der Waals surface area contributed by atoms with Gasteiger partial charge < -0.3 is 5.32 Å². The maximum absolute atomic E-state index is 13.0. The van der Waals surface area contributed by atoms with Crippen LogP contribution in [0.5, 0.6) is 0 Å². The van der Waals surface area contributed by atoms with E-state index in [1.807, 2.05) is 4.90 Å². The molecule has 1 saturated heterocycles. The number of piperidine rings is 1. The molecule has 1 aliphatic rings. The summed E-state index contributed by atoms with van der Waals surface area (Å²) < 4.78 is 13.0. The van der Waals surface area contributed by atoms with E-state index in [4.69, 9.17) is 23.2 Å². The van der Waals surface area contributed by atoms with Gasteiger partial charge in [0.1, 0.15) is 6.17 Å². The number of rotatable bonds is 3. The van der Waals surface area contributed by atoms with Crippen LogP contribution in [0.3, 0.4) is 0 Å². The number of amides is 1. The largest absolute Gasteiger partial charge is 0.324 e. The smallest absolute Gasteiger partial charge is 0.238 e. The molecule has 1 aromatic rings. The Balaban J connectivity index is 1.89. The van der Waals surface area contributed by atoms with Gasteiger partial charge in [0.15, 0.2) is 0 Å². The molecule has 104 valence electrons. The first-order valence-electron chi connectivity index (χ1n) is 6.16. The molecule has 1 amide bonds. The van der Waals surface area contributed by atoms with Crippen LogP contribution in [-0.4, -0.2) is 36.6 Å². The number of hydrogen-bond donors (Lipinski definition) is 1. The Hall–Kier alpha value is -0.840. The van der Waals surface area contributed by atoms with Crippen LogP contribution in [0.15, 0.2) is 18.2 Å². The van der Waals surface area contributed by atoms with Crippen molar-refractivity contribution in [3.63, 3.8) is 0 Å². The lowest BCUT2D eigenvalue weighted by molar-refractivity contribution is -0.117. The molecule has 3 nitrogen and oxygen atoms in total.